The summed E-state index contributed by atoms with van der Waals surface area (Å²) >= 11 is 15.6. The van der Waals surface area contributed by atoms with Crippen LogP contribution in [0.4, 0.5) is 0 Å². The molecule has 0 amide bonds. The van der Waals surface area contributed by atoms with Crippen molar-refractivity contribution in [1.29, 1.82) is 0 Å². The number of hydrogen-bond acceptors (Lipinski definition) is 2. The van der Waals surface area contributed by atoms with Crippen LogP contribution in [0.3, 0.4) is 0 Å². The van der Waals surface area contributed by atoms with E-state index in [9.17, 15) is 0 Å². The Morgan fingerprint density at radius 1 is 1.10 bits per heavy atom. The van der Waals surface area contributed by atoms with Crippen molar-refractivity contribution in [2.75, 3.05) is 6.54 Å². The van der Waals surface area contributed by atoms with Crippen LogP contribution in [0.2, 0.25) is 10.0 Å². The van der Waals surface area contributed by atoms with Gasteiger partial charge in [0.25, 0.3) is 0 Å². The first kappa shape index (κ1) is 15.6. The first-order valence-electron chi connectivity index (χ1n) is 6.16. The van der Waals surface area contributed by atoms with Crippen LogP contribution in [0.15, 0.2) is 40.9 Å². The molecule has 0 bridgehead atoms. The monoisotopic (exact) mass is 373 g/mol. The maximum atomic E-state index is 6.13. The third-order valence-corrected chi connectivity index (χ3v) is 4.07. The second-order valence-corrected chi connectivity index (χ2v) is 5.99. The van der Waals surface area contributed by atoms with E-state index in [2.05, 4.69) is 15.9 Å². The fraction of sp³-hybridized carbons (Fsp3) is 0.200. The summed E-state index contributed by atoms with van der Waals surface area (Å²) in [6.45, 7) is 0.935. The van der Waals surface area contributed by atoms with Gasteiger partial charge in [-0.1, -0.05) is 35.3 Å². The highest BCUT2D eigenvalue weighted by molar-refractivity contribution is 9.10. The minimum atomic E-state index is 0.361. The van der Waals surface area contributed by atoms with Gasteiger partial charge in [0, 0.05) is 15.6 Å². The van der Waals surface area contributed by atoms with Crippen LogP contribution < -0.4 is 10.5 Å². The fourth-order valence-corrected chi connectivity index (χ4v) is 2.76. The van der Waals surface area contributed by atoms with Gasteiger partial charge in [-0.25, -0.2) is 0 Å². The number of nitrogens with two attached hydrogens (primary N) is 1. The molecule has 0 unspecified atom stereocenters. The number of para-hydroxylation sites is 1. The number of benzene rings is 2. The highest BCUT2D eigenvalue weighted by Gasteiger charge is 2.09. The van der Waals surface area contributed by atoms with Crippen LogP contribution in [-0.2, 0) is 13.0 Å². The average molecular weight is 375 g/mol. The maximum absolute atomic E-state index is 6.13. The van der Waals surface area contributed by atoms with E-state index in [0.29, 0.717) is 23.2 Å². The normalized spacial score (nSPS) is 10.6. The van der Waals surface area contributed by atoms with Crippen molar-refractivity contribution in [2.45, 2.75) is 13.0 Å². The molecule has 2 aromatic rings. The molecule has 0 aromatic heterocycles. The predicted octanol–water partition coefficient (Wildman–Crippen LogP) is 4.84. The summed E-state index contributed by atoms with van der Waals surface area (Å²) in [6.07, 6.45) is 0.762. The SMILES string of the molecule is NCCc1cccc(Br)c1OCc1cc(Cl)ccc1Cl. The molecule has 0 saturated heterocycles. The molecule has 0 spiro atoms. The highest BCUT2D eigenvalue weighted by atomic mass is 79.9. The number of halogens is 3. The molecule has 2 N–H and O–H groups in total. The van der Waals surface area contributed by atoms with Crippen LogP contribution in [0.25, 0.3) is 0 Å². The predicted molar refractivity (Wildman–Crippen MR) is 87.7 cm³/mol. The van der Waals surface area contributed by atoms with E-state index in [-0.39, 0.29) is 0 Å². The lowest BCUT2D eigenvalue weighted by atomic mass is 10.1. The Kier molecular flexibility index (Phi) is 5.73. The Bertz CT molecular complexity index is 604. The van der Waals surface area contributed by atoms with E-state index in [0.717, 1.165) is 27.8 Å². The molecule has 20 heavy (non-hydrogen) atoms. The third kappa shape index (κ3) is 3.89. The van der Waals surface area contributed by atoms with Crippen LogP contribution in [0.1, 0.15) is 11.1 Å². The lowest BCUT2D eigenvalue weighted by molar-refractivity contribution is 0.301. The van der Waals surface area contributed by atoms with Crippen LogP contribution in [0, 0.1) is 0 Å². The van der Waals surface area contributed by atoms with Crippen LogP contribution in [0.5, 0.6) is 5.75 Å². The molecule has 0 radical (unpaired) electrons. The van der Waals surface area contributed by atoms with E-state index in [1.54, 1.807) is 12.1 Å². The summed E-state index contributed by atoms with van der Waals surface area (Å²) in [7, 11) is 0. The molecular formula is C15H14BrCl2NO. The molecular weight excluding hydrogens is 361 g/mol. The van der Waals surface area contributed by atoms with Crippen molar-refractivity contribution >= 4 is 39.1 Å². The Hall–Kier alpha value is -0.740. The Morgan fingerprint density at radius 3 is 2.65 bits per heavy atom. The molecule has 0 aliphatic carbocycles. The molecule has 0 saturated carbocycles. The largest absolute Gasteiger partial charge is 0.487 e. The van der Waals surface area contributed by atoms with Gasteiger partial charge in [0.2, 0.25) is 0 Å². The second kappa shape index (κ2) is 7.32. The molecule has 2 nitrogen and oxygen atoms in total. The standard InChI is InChI=1S/C15H14BrCl2NO/c16-13-3-1-2-10(6-7-19)15(13)20-9-11-8-12(17)4-5-14(11)18/h1-5,8H,6-7,9,19H2. The maximum Gasteiger partial charge on any atom is 0.137 e. The molecule has 0 fully saturated rings. The molecule has 106 valence electrons. The van der Waals surface area contributed by atoms with Crippen molar-refractivity contribution in [2.24, 2.45) is 5.73 Å². The molecule has 0 aliphatic rings. The summed E-state index contributed by atoms with van der Waals surface area (Å²) in [5.74, 6) is 0.800. The second-order valence-electron chi connectivity index (χ2n) is 4.29. The highest BCUT2D eigenvalue weighted by Crippen LogP contribution is 2.31. The van der Waals surface area contributed by atoms with Crippen molar-refractivity contribution in [3.63, 3.8) is 0 Å². The topological polar surface area (TPSA) is 35.2 Å². The van der Waals surface area contributed by atoms with Gasteiger partial charge in [0.15, 0.2) is 0 Å². The lowest BCUT2D eigenvalue weighted by Crippen LogP contribution is -2.06. The summed E-state index contributed by atoms with van der Waals surface area (Å²) in [4.78, 5) is 0. The summed E-state index contributed by atoms with van der Waals surface area (Å²) in [5.41, 5.74) is 7.55. The van der Waals surface area contributed by atoms with E-state index < -0.39 is 0 Å². The molecule has 0 heterocycles. The Labute approximate surface area is 137 Å². The van der Waals surface area contributed by atoms with E-state index in [1.165, 1.54) is 0 Å². The smallest absolute Gasteiger partial charge is 0.137 e. The van der Waals surface area contributed by atoms with Gasteiger partial charge in [0.05, 0.1) is 4.47 Å². The van der Waals surface area contributed by atoms with Gasteiger partial charge >= 0.3 is 0 Å². The molecule has 5 heteroatoms. The Balaban J connectivity index is 2.20. The first-order chi connectivity index (χ1) is 9.61. The minimum Gasteiger partial charge on any atom is -0.487 e. The van der Waals surface area contributed by atoms with Gasteiger partial charge in [-0.2, -0.15) is 0 Å². The summed E-state index contributed by atoms with van der Waals surface area (Å²) in [5, 5.41) is 1.28. The van der Waals surface area contributed by atoms with E-state index in [4.69, 9.17) is 33.7 Å². The fourth-order valence-electron chi connectivity index (χ4n) is 1.87. The minimum absolute atomic E-state index is 0.361. The van der Waals surface area contributed by atoms with Gasteiger partial charge < -0.3 is 10.5 Å². The zero-order valence-corrected chi connectivity index (χ0v) is 13.8. The van der Waals surface area contributed by atoms with Crippen LogP contribution >= 0.6 is 39.1 Å². The summed E-state index contributed by atoms with van der Waals surface area (Å²) in [6, 6.07) is 11.2. The van der Waals surface area contributed by atoms with Gasteiger partial charge in [0.1, 0.15) is 12.4 Å². The third-order valence-electron chi connectivity index (χ3n) is 2.84. The van der Waals surface area contributed by atoms with E-state index >= 15 is 0 Å². The first-order valence-corrected chi connectivity index (χ1v) is 7.71. The number of ether oxygens (including phenoxy) is 1. The van der Waals surface area contributed by atoms with Crippen molar-refractivity contribution in [1.82, 2.24) is 0 Å². The zero-order chi connectivity index (χ0) is 14.5. The van der Waals surface area contributed by atoms with Crippen molar-refractivity contribution < 1.29 is 4.74 Å². The van der Waals surface area contributed by atoms with Gasteiger partial charge in [-0.05, 0) is 58.7 Å². The zero-order valence-electron chi connectivity index (χ0n) is 10.7. The molecule has 2 rings (SSSR count). The molecule has 2 aromatic carbocycles. The van der Waals surface area contributed by atoms with Gasteiger partial charge in [-0.15, -0.1) is 0 Å². The number of rotatable bonds is 5. The Morgan fingerprint density at radius 2 is 1.90 bits per heavy atom. The van der Waals surface area contributed by atoms with E-state index in [1.807, 2.05) is 24.3 Å². The lowest BCUT2D eigenvalue weighted by Gasteiger charge is -2.14. The van der Waals surface area contributed by atoms with Gasteiger partial charge in [-0.3, -0.25) is 0 Å². The molecule has 0 aliphatic heterocycles. The quantitative estimate of drug-likeness (QED) is 0.812. The average Bonchev–Trinajstić information content (AvgIpc) is 2.42. The summed E-state index contributed by atoms with van der Waals surface area (Å²) < 4.78 is 6.80. The van der Waals surface area contributed by atoms with Crippen LogP contribution in [-0.4, -0.2) is 6.54 Å². The van der Waals surface area contributed by atoms with Crippen molar-refractivity contribution in [3.8, 4) is 5.75 Å². The van der Waals surface area contributed by atoms with Crippen molar-refractivity contribution in [3.05, 3.63) is 62.0 Å². The number of hydrogen-bond donors (Lipinski definition) is 1. The molecule has 0 atom stereocenters.